The fourth-order valence-electron chi connectivity index (χ4n) is 1.41. The molecule has 1 aromatic rings. The molecular formula is C11H15N3O. The quantitative estimate of drug-likeness (QED) is 0.649. The van der Waals surface area contributed by atoms with E-state index in [9.17, 15) is 4.79 Å². The molecule has 0 heterocycles. The highest BCUT2D eigenvalue weighted by atomic mass is 16.1. The fourth-order valence-corrected chi connectivity index (χ4v) is 1.41. The van der Waals surface area contributed by atoms with Gasteiger partial charge in [0.2, 0.25) is 0 Å². The van der Waals surface area contributed by atoms with Crippen LogP contribution in [-0.4, -0.2) is 19.0 Å². The third-order valence-corrected chi connectivity index (χ3v) is 2.48. The molecule has 2 rings (SSSR count). The van der Waals surface area contributed by atoms with E-state index < -0.39 is 0 Å². The van der Waals surface area contributed by atoms with Gasteiger partial charge in [-0.3, -0.25) is 4.79 Å². The first-order valence-electron chi connectivity index (χ1n) is 5.09. The van der Waals surface area contributed by atoms with Crippen molar-refractivity contribution in [2.45, 2.75) is 18.9 Å². The van der Waals surface area contributed by atoms with E-state index >= 15 is 0 Å². The predicted octanol–water partition coefficient (Wildman–Crippen LogP) is 1.20. The summed E-state index contributed by atoms with van der Waals surface area (Å²) in [7, 11) is 1.62. The van der Waals surface area contributed by atoms with Crippen molar-refractivity contribution in [1.82, 2.24) is 5.32 Å². The smallest absolute Gasteiger partial charge is 0.251 e. The van der Waals surface area contributed by atoms with Crippen LogP contribution in [0.4, 0.5) is 11.4 Å². The molecule has 0 bridgehead atoms. The Morgan fingerprint density at radius 1 is 1.47 bits per heavy atom. The van der Waals surface area contributed by atoms with Crippen LogP contribution >= 0.6 is 0 Å². The lowest BCUT2D eigenvalue weighted by atomic mass is 10.1. The number of nitrogen functional groups attached to an aromatic ring is 1. The van der Waals surface area contributed by atoms with Gasteiger partial charge >= 0.3 is 0 Å². The first-order valence-corrected chi connectivity index (χ1v) is 5.09. The van der Waals surface area contributed by atoms with E-state index in [0.717, 1.165) is 5.69 Å². The third kappa shape index (κ3) is 2.21. The van der Waals surface area contributed by atoms with Crippen molar-refractivity contribution in [1.29, 1.82) is 0 Å². The second-order valence-electron chi connectivity index (χ2n) is 3.80. The summed E-state index contributed by atoms with van der Waals surface area (Å²) >= 11 is 0. The molecular weight excluding hydrogens is 190 g/mol. The highest BCUT2D eigenvalue weighted by Gasteiger charge is 2.21. The maximum absolute atomic E-state index is 11.4. The Hall–Kier alpha value is -1.71. The lowest BCUT2D eigenvalue weighted by Crippen LogP contribution is -2.18. The van der Waals surface area contributed by atoms with Crippen molar-refractivity contribution in [2.75, 3.05) is 18.1 Å². The molecule has 1 aromatic carbocycles. The van der Waals surface area contributed by atoms with E-state index in [0.29, 0.717) is 17.3 Å². The predicted molar refractivity (Wildman–Crippen MR) is 60.9 cm³/mol. The highest BCUT2D eigenvalue weighted by molar-refractivity contribution is 5.96. The van der Waals surface area contributed by atoms with Gasteiger partial charge in [-0.1, -0.05) is 0 Å². The zero-order valence-corrected chi connectivity index (χ0v) is 8.71. The molecule has 0 atom stereocenters. The number of nitrogens with two attached hydrogens (primary N) is 1. The minimum absolute atomic E-state index is 0.0890. The van der Waals surface area contributed by atoms with Crippen LogP contribution in [0.25, 0.3) is 0 Å². The van der Waals surface area contributed by atoms with E-state index in [1.54, 1.807) is 25.2 Å². The molecule has 15 heavy (non-hydrogen) atoms. The summed E-state index contributed by atoms with van der Waals surface area (Å²) < 4.78 is 0. The number of amides is 1. The van der Waals surface area contributed by atoms with Crippen LogP contribution in [0.15, 0.2) is 18.2 Å². The van der Waals surface area contributed by atoms with Crippen LogP contribution in [0.2, 0.25) is 0 Å². The monoisotopic (exact) mass is 205 g/mol. The van der Waals surface area contributed by atoms with Crippen LogP contribution in [0.5, 0.6) is 0 Å². The van der Waals surface area contributed by atoms with Crippen molar-refractivity contribution in [3.63, 3.8) is 0 Å². The second kappa shape index (κ2) is 3.81. The van der Waals surface area contributed by atoms with Gasteiger partial charge in [0, 0.05) is 18.7 Å². The summed E-state index contributed by atoms with van der Waals surface area (Å²) in [6.45, 7) is 0. The summed E-state index contributed by atoms with van der Waals surface area (Å²) in [6.07, 6.45) is 2.37. The number of nitrogens with one attached hydrogen (secondary N) is 2. The zero-order chi connectivity index (χ0) is 10.8. The van der Waals surface area contributed by atoms with Crippen molar-refractivity contribution >= 4 is 17.3 Å². The van der Waals surface area contributed by atoms with Gasteiger partial charge in [-0.05, 0) is 31.0 Å². The van der Waals surface area contributed by atoms with Gasteiger partial charge in [0.15, 0.2) is 0 Å². The molecule has 1 amide bonds. The molecule has 1 fully saturated rings. The molecule has 0 radical (unpaired) electrons. The highest BCUT2D eigenvalue weighted by Crippen LogP contribution is 2.28. The van der Waals surface area contributed by atoms with Crippen LogP contribution < -0.4 is 16.4 Å². The molecule has 0 saturated heterocycles. The molecule has 4 N–H and O–H groups in total. The number of hydrogen-bond donors (Lipinski definition) is 3. The summed E-state index contributed by atoms with van der Waals surface area (Å²) in [5.74, 6) is -0.0890. The van der Waals surface area contributed by atoms with Crippen molar-refractivity contribution in [2.24, 2.45) is 0 Å². The number of rotatable bonds is 3. The van der Waals surface area contributed by atoms with E-state index in [2.05, 4.69) is 10.6 Å². The Balaban J connectivity index is 2.22. The number of anilines is 2. The van der Waals surface area contributed by atoms with Gasteiger partial charge in [-0.2, -0.15) is 0 Å². The third-order valence-electron chi connectivity index (χ3n) is 2.48. The number of benzene rings is 1. The van der Waals surface area contributed by atoms with E-state index in [1.807, 2.05) is 0 Å². The van der Waals surface area contributed by atoms with Gasteiger partial charge in [0.1, 0.15) is 0 Å². The Kier molecular flexibility index (Phi) is 2.49. The molecule has 0 aromatic heterocycles. The van der Waals surface area contributed by atoms with E-state index in [1.165, 1.54) is 12.8 Å². The normalized spacial score (nSPS) is 14.7. The average molecular weight is 205 g/mol. The number of carbonyl (C=O) groups is 1. The SMILES string of the molecule is CNC(=O)c1ccc(N)c(NC2CC2)c1. The first kappa shape index (κ1) is 9.83. The number of hydrogen-bond acceptors (Lipinski definition) is 3. The second-order valence-corrected chi connectivity index (χ2v) is 3.80. The Morgan fingerprint density at radius 3 is 2.80 bits per heavy atom. The van der Waals surface area contributed by atoms with Gasteiger partial charge in [-0.25, -0.2) is 0 Å². The molecule has 0 spiro atoms. The summed E-state index contributed by atoms with van der Waals surface area (Å²) in [6, 6.07) is 5.82. The molecule has 4 heteroatoms. The lowest BCUT2D eigenvalue weighted by Gasteiger charge is -2.09. The summed E-state index contributed by atoms with van der Waals surface area (Å²) in [5.41, 5.74) is 8.00. The van der Waals surface area contributed by atoms with Crippen LogP contribution in [0.3, 0.4) is 0 Å². The topological polar surface area (TPSA) is 67.2 Å². The van der Waals surface area contributed by atoms with Crippen molar-refractivity contribution < 1.29 is 4.79 Å². The molecule has 1 aliphatic rings. The molecule has 80 valence electrons. The molecule has 0 unspecified atom stereocenters. The maximum Gasteiger partial charge on any atom is 0.251 e. The summed E-state index contributed by atoms with van der Waals surface area (Å²) in [4.78, 5) is 11.4. The van der Waals surface area contributed by atoms with E-state index in [-0.39, 0.29) is 5.91 Å². The fraction of sp³-hybridized carbons (Fsp3) is 0.364. The first-order chi connectivity index (χ1) is 7.20. The van der Waals surface area contributed by atoms with Gasteiger partial charge in [0.05, 0.1) is 11.4 Å². The van der Waals surface area contributed by atoms with Gasteiger partial charge in [0.25, 0.3) is 5.91 Å². The Labute approximate surface area is 88.9 Å². The van der Waals surface area contributed by atoms with Gasteiger partial charge in [-0.15, -0.1) is 0 Å². The van der Waals surface area contributed by atoms with Crippen LogP contribution in [-0.2, 0) is 0 Å². The van der Waals surface area contributed by atoms with Crippen LogP contribution in [0.1, 0.15) is 23.2 Å². The molecule has 1 saturated carbocycles. The molecule has 1 aliphatic carbocycles. The number of carbonyl (C=O) groups excluding carboxylic acids is 1. The summed E-state index contributed by atoms with van der Waals surface area (Å²) in [5, 5.41) is 5.89. The zero-order valence-electron chi connectivity index (χ0n) is 8.71. The van der Waals surface area contributed by atoms with E-state index in [4.69, 9.17) is 5.73 Å². The standard InChI is InChI=1S/C11H15N3O/c1-13-11(15)7-2-5-9(12)10(6-7)14-8-3-4-8/h2,5-6,8,14H,3-4,12H2,1H3,(H,13,15). The minimum Gasteiger partial charge on any atom is -0.397 e. The lowest BCUT2D eigenvalue weighted by molar-refractivity contribution is 0.0963. The Bertz CT molecular complexity index is 385. The van der Waals surface area contributed by atoms with Crippen molar-refractivity contribution in [3.05, 3.63) is 23.8 Å². The molecule has 4 nitrogen and oxygen atoms in total. The minimum atomic E-state index is -0.0890. The van der Waals surface area contributed by atoms with Gasteiger partial charge < -0.3 is 16.4 Å². The molecule has 0 aliphatic heterocycles. The maximum atomic E-state index is 11.4. The van der Waals surface area contributed by atoms with Crippen molar-refractivity contribution in [3.8, 4) is 0 Å². The Morgan fingerprint density at radius 2 is 2.20 bits per heavy atom. The van der Waals surface area contributed by atoms with Crippen LogP contribution in [0, 0.1) is 0 Å². The largest absolute Gasteiger partial charge is 0.397 e. The average Bonchev–Trinajstić information content (AvgIpc) is 3.04.